The Bertz CT molecular complexity index is 443. The summed E-state index contributed by atoms with van der Waals surface area (Å²) in [5.41, 5.74) is 0.0574. The second-order valence-electron chi connectivity index (χ2n) is 3.12. The Hall–Kier alpha value is -1.97. The van der Waals surface area contributed by atoms with Crippen molar-refractivity contribution < 1.29 is 13.6 Å². The Kier molecular flexibility index (Phi) is 3.55. The maximum Gasteiger partial charge on any atom is 0.256 e. The van der Waals surface area contributed by atoms with E-state index >= 15 is 0 Å². The largest absolute Gasteiger partial charge is 0.355 e. The molecule has 0 aliphatic carbocycles. The number of hydrogen-bond acceptors (Lipinski definition) is 1. The summed E-state index contributed by atoms with van der Waals surface area (Å²) in [6.45, 7) is 7.01. The maximum atomic E-state index is 13.5. The molecule has 0 spiro atoms. The van der Waals surface area contributed by atoms with Gasteiger partial charge in [0.2, 0.25) is 0 Å². The molecule has 1 aromatic carbocycles. The predicted molar refractivity (Wildman–Crippen MR) is 59.0 cm³/mol. The van der Waals surface area contributed by atoms with Gasteiger partial charge < -0.3 is 5.32 Å². The molecule has 0 fully saturated rings. The fourth-order valence-electron chi connectivity index (χ4n) is 1.22. The summed E-state index contributed by atoms with van der Waals surface area (Å²) < 4.78 is 26.9. The van der Waals surface area contributed by atoms with E-state index in [1.54, 1.807) is 0 Å². The van der Waals surface area contributed by atoms with Crippen molar-refractivity contribution in [2.45, 2.75) is 0 Å². The van der Waals surface area contributed by atoms with Crippen LogP contribution < -0.4 is 5.32 Å². The van der Waals surface area contributed by atoms with Gasteiger partial charge in [-0.25, -0.2) is 8.78 Å². The van der Waals surface area contributed by atoms with Crippen LogP contribution in [0.15, 0.2) is 31.4 Å². The first kappa shape index (κ1) is 12.1. The van der Waals surface area contributed by atoms with Crippen LogP contribution in [0.2, 0.25) is 0 Å². The highest BCUT2D eigenvalue weighted by Crippen LogP contribution is 2.20. The zero-order valence-electron chi connectivity index (χ0n) is 8.81. The van der Waals surface area contributed by atoms with Crippen molar-refractivity contribution in [2.75, 3.05) is 7.05 Å². The van der Waals surface area contributed by atoms with Crippen LogP contribution in [0.3, 0.4) is 0 Å². The standard InChI is InChI=1S/C12H11F2NO/c1-4-7(2)8-5-9(13)11(10(14)6-8)12(16)15-3/h4-6H,1-2H2,3H3,(H,15,16). The van der Waals surface area contributed by atoms with Crippen LogP contribution in [0.25, 0.3) is 5.57 Å². The van der Waals surface area contributed by atoms with E-state index in [1.807, 2.05) is 0 Å². The third kappa shape index (κ3) is 2.16. The van der Waals surface area contributed by atoms with Crippen molar-refractivity contribution >= 4 is 11.5 Å². The lowest BCUT2D eigenvalue weighted by Crippen LogP contribution is -2.21. The predicted octanol–water partition coefficient (Wildman–Crippen LogP) is 2.52. The molecule has 1 amide bonds. The van der Waals surface area contributed by atoms with Gasteiger partial charge in [0.05, 0.1) is 0 Å². The highest BCUT2D eigenvalue weighted by Gasteiger charge is 2.17. The summed E-state index contributed by atoms with van der Waals surface area (Å²) in [6.07, 6.45) is 1.38. The van der Waals surface area contributed by atoms with Crippen molar-refractivity contribution in [2.24, 2.45) is 0 Å². The average molecular weight is 223 g/mol. The number of nitrogens with one attached hydrogen (secondary N) is 1. The van der Waals surface area contributed by atoms with Gasteiger partial charge in [-0.3, -0.25) is 4.79 Å². The van der Waals surface area contributed by atoms with Gasteiger partial charge in [-0.05, 0) is 23.3 Å². The SMILES string of the molecule is C=CC(=C)c1cc(F)c(C(=O)NC)c(F)c1. The van der Waals surface area contributed by atoms with E-state index in [0.29, 0.717) is 5.57 Å². The molecule has 0 saturated carbocycles. The van der Waals surface area contributed by atoms with Crippen LogP contribution >= 0.6 is 0 Å². The minimum atomic E-state index is -0.919. The summed E-state index contributed by atoms with van der Waals surface area (Å²) >= 11 is 0. The second-order valence-corrected chi connectivity index (χ2v) is 3.12. The van der Waals surface area contributed by atoms with E-state index in [1.165, 1.54) is 13.1 Å². The highest BCUT2D eigenvalue weighted by atomic mass is 19.1. The van der Waals surface area contributed by atoms with E-state index in [-0.39, 0.29) is 5.56 Å². The molecule has 0 atom stereocenters. The van der Waals surface area contributed by atoms with Crippen LogP contribution in [0.5, 0.6) is 0 Å². The molecule has 0 radical (unpaired) electrons. The van der Waals surface area contributed by atoms with Crippen molar-refractivity contribution in [1.29, 1.82) is 0 Å². The number of rotatable bonds is 3. The Morgan fingerprint density at radius 3 is 2.25 bits per heavy atom. The first-order valence-electron chi connectivity index (χ1n) is 4.54. The summed E-state index contributed by atoms with van der Waals surface area (Å²) in [7, 11) is 1.30. The molecule has 4 heteroatoms. The smallest absolute Gasteiger partial charge is 0.256 e. The first-order valence-corrected chi connectivity index (χ1v) is 4.54. The molecule has 0 aliphatic rings. The molecule has 84 valence electrons. The van der Waals surface area contributed by atoms with Gasteiger partial charge in [0.1, 0.15) is 17.2 Å². The number of carbonyl (C=O) groups is 1. The van der Waals surface area contributed by atoms with Crippen molar-refractivity contribution in [1.82, 2.24) is 5.32 Å². The molecule has 2 nitrogen and oxygen atoms in total. The van der Waals surface area contributed by atoms with Gasteiger partial charge >= 0.3 is 0 Å². The Labute approximate surface area is 92.3 Å². The third-order valence-electron chi connectivity index (χ3n) is 2.11. The minimum Gasteiger partial charge on any atom is -0.355 e. The second kappa shape index (κ2) is 4.70. The van der Waals surface area contributed by atoms with Gasteiger partial charge in [-0.1, -0.05) is 19.2 Å². The van der Waals surface area contributed by atoms with Crippen LogP contribution in [0.4, 0.5) is 8.78 Å². The molecule has 16 heavy (non-hydrogen) atoms. The quantitative estimate of drug-likeness (QED) is 0.784. The minimum absolute atomic E-state index is 0.262. The fourth-order valence-corrected chi connectivity index (χ4v) is 1.22. The Balaban J connectivity index is 3.33. The summed E-state index contributed by atoms with van der Waals surface area (Å²) in [5.74, 6) is -2.64. The van der Waals surface area contributed by atoms with Crippen molar-refractivity contribution in [3.63, 3.8) is 0 Å². The molecule has 1 rings (SSSR count). The van der Waals surface area contributed by atoms with E-state index in [2.05, 4.69) is 18.5 Å². The first-order chi connectivity index (χ1) is 7.51. The average Bonchev–Trinajstić information content (AvgIpc) is 2.26. The van der Waals surface area contributed by atoms with Crippen LogP contribution in [-0.2, 0) is 0 Å². The molecule has 0 aliphatic heterocycles. The molecular weight excluding hydrogens is 212 g/mol. The maximum absolute atomic E-state index is 13.5. The van der Waals surface area contributed by atoms with Gasteiger partial charge in [0, 0.05) is 7.05 Å². The van der Waals surface area contributed by atoms with Crippen LogP contribution in [0, 0.1) is 11.6 Å². The van der Waals surface area contributed by atoms with E-state index in [9.17, 15) is 13.6 Å². The van der Waals surface area contributed by atoms with Gasteiger partial charge in [-0.2, -0.15) is 0 Å². The van der Waals surface area contributed by atoms with Gasteiger partial charge in [-0.15, -0.1) is 0 Å². The molecule has 0 aromatic heterocycles. The van der Waals surface area contributed by atoms with E-state index in [4.69, 9.17) is 0 Å². The number of halogens is 2. The monoisotopic (exact) mass is 223 g/mol. The molecule has 0 bridgehead atoms. The summed E-state index contributed by atoms with van der Waals surface area (Å²) in [5, 5.41) is 2.16. The van der Waals surface area contributed by atoms with E-state index < -0.39 is 23.1 Å². The number of carbonyl (C=O) groups excluding carboxylic acids is 1. The molecular formula is C12H11F2NO. The number of hydrogen-bond donors (Lipinski definition) is 1. The molecule has 1 N–H and O–H groups in total. The Morgan fingerprint density at radius 2 is 1.88 bits per heavy atom. The molecule has 0 heterocycles. The summed E-state index contributed by atoms with van der Waals surface area (Å²) in [6, 6.07) is 2.11. The lowest BCUT2D eigenvalue weighted by atomic mass is 10.0. The van der Waals surface area contributed by atoms with Crippen LogP contribution in [0.1, 0.15) is 15.9 Å². The van der Waals surface area contributed by atoms with E-state index in [0.717, 1.165) is 12.1 Å². The molecule has 0 unspecified atom stereocenters. The van der Waals surface area contributed by atoms with Gasteiger partial charge in [0.25, 0.3) is 5.91 Å². The highest BCUT2D eigenvalue weighted by molar-refractivity contribution is 5.95. The third-order valence-corrected chi connectivity index (χ3v) is 2.11. The molecule has 0 saturated heterocycles. The topological polar surface area (TPSA) is 29.1 Å². The lowest BCUT2D eigenvalue weighted by Gasteiger charge is -2.06. The zero-order chi connectivity index (χ0) is 12.3. The van der Waals surface area contributed by atoms with Gasteiger partial charge in [0.15, 0.2) is 0 Å². The van der Waals surface area contributed by atoms with Crippen LogP contribution in [-0.4, -0.2) is 13.0 Å². The number of benzene rings is 1. The fraction of sp³-hybridized carbons (Fsp3) is 0.0833. The zero-order valence-corrected chi connectivity index (χ0v) is 8.81. The van der Waals surface area contributed by atoms with Crippen molar-refractivity contribution in [3.8, 4) is 0 Å². The van der Waals surface area contributed by atoms with Crippen molar-refractivity contribution in [3.05, 3.63) is 54.1 Å². The summed E-state index contributed by atoms with van der Waals surface area (Å²) in [4.78, 5) is 11.2. The normalized spacial score (nSPS) is 9.69. The Morgan fingerprint density at radius 1 is 1.38 bits per heavy atom. The number of amides is 1. The lowest BCUT2D eigenvalue weighted by molar-refractivity contribution is 0.0954. The molecule has 1 aromatic rings. The number of allylic oxidation sites excluding steroid dienone is 2.